The van der Waals surface area contributed by atoms with Crippen LogP contribution < -0.4 is 5.32 Å². The molecule has 0 aliphatic heterocycles. The van der Waals surface area contributed by atoms with Gasteiger partial charge in [0.25, 0.3) is 0 Å². The molecule has 6 heteroatoms. The van der Waals surface area contributed by atoms with Crippen molar-refractivity contribution < 1.29 is 24.5 Å². The minimum Gasteiger partial charge on any atom is -0.466 e. The molecule has 0 spiro atoms. The fourth-order valence-corrected chi connectivity index (χ4v) is 10.4. The van der Waals surface area contributed by atoms with Crippen LogP contribution in [-0.4, -0.2) is 47.4 Å². The summed E-state index contributed by atoms with van der Waals surface area (Å²) < 4.78 is 5.47. The quantitative estimate of drug-likeness (QED) is 0.0320. The van der Waals surface area contributed by atoms with Crippen molar-refractivity contribution in [2.45, 2.75) is 373 Å². The molecule has 446 valence electrons. The molecule has 0 aromatic rings. The number of esters is 1. The van der Waals surface area contributed by atoms with E-state index >= 15 is 0 Å². The van der Waals surface area contributed by atoms with E-state index in [1.54, 1.807) is 6.08 Å². The summed E-state index contributed by atoms with van der Waals surface area (Å²) in [5, 5.41) is 23.1. The zero-order chi connectivity index (χ0) is 55.0. The van der Waals surface area contributed by atoms with Gasteiger partial charge >= 0.3 is 5.97 Å². The Balaban J connectivity index is 3.37. The second-order valence-corrected chi connectivity index (χ2v) is 23.1. The first-order valence-corrected chi connectivity index (χ1v) is 33.9. The molecule has 0 fully saturated rings. The Morgan fingerprint density at radius 2 is 0.684 bits per heavy atom. The van der Waals surface area contributed by atoms with Crippen LogP contribution in [-0.2, 0) is 14.3 Å². The predicted octanol–water partition coefficient (Wildman–Crippen LogP) is 21.7. The Morgan fingerprint density at radius 1 is 0.368 bits per heavy atom. The maximum absolute atomic E-state index is 12.5. The summed E-state index contributed by atoms with van der Waals surface area (Å²) in [5.41, 5.74) is 0. The predicted molar refractivity (Wildman–Crippen MR) is 333 cm³/mol. The van der Waals surface area contributed by atoms with E-state index in [0.29, 0.717) is 19.4 Å². The molecule has 0 aliphatic carbocycles. The van der Waals surface area contributed by atoms with Crippen LogP contribution >= 0.6 is 0 Å². The fourth-order valence-electron chi connectivity index (χ4n) is 10.4. The molecule has 1 amide bonds. The highest BCUT2D eigenvalue weighted by atomic mass is 16.5. The first-order chi connectivity index (χ1) is 37.5. The fraction of sp³-hybridized carbons (Fsp3) is 0.857. The number of aliphatic hydroxyl groups is 2. The van der Waals surface area contributed by atoms with Gasteiger partial charge in [-0.05, 0) is 83.5 Å². The minimum absolute atomic E-state index is 0.00235. The zero-order valence-electron chi connectivity index (χ0n) is 51.0. The maximum Gasteiger partial charge on any atom is 0.305 e. The van der Waals surface area contributed by atoms with Gasteiger partial charge in [-0.15, -0.1) is 0 Å². The van der Waals surface area contributed by atoms with Crippen LogP contribution in [0, 0.1) is 0 Å². The Morgan fingerprint density at radius 3 is 1.07 bits per heavy atom. The second kappa shape index (κ2) is 65.3. The summed E-state index contributed by atoms with van der Waals surface area (Å²) in [6, 6.07) is -0.626. The molecule has 6 nitrogen and oxygen atoms in total. The zero-order valence-corrected chi connectivity index (χ0v) is 51.0. The van der Waals surface area contributed by atoms with Crippen LogP contribution in [0.3, 0.4) is 0 Å². The van der Waals surface area contributed by atoms with Gasteiger partial charge in [0.2, 0.25) is 5.91 Å². The number of hydrogen-bond donors (Lipinski definition) is 3. The van der Waals surface area contributed by atoms with Crippen molar-refractivity contribution in [3.05, 3.63) is 48.6 Å². The molecule has 3 N–H and O–H groups in total. The van der Waals surface area contributed by atoms with E-state index in [1.807, 2.05) is 6.08 Å². The lowest BCUT2D eigenvalue weighted by Gasteiger charge is -2.20. The third-order valence-electron chi connectivity index (χ3n) is 15.5. The number of aliphatic hydroxyl groups excluding tert-OH is 2. The molecule has 0 aliphatic rings. The largest absolute Gasteiger partial charge is 0.466 e. The number of carbonyl (C=O) groups is 2. The third kappa shape index (κ3) is 61.0. The van der Waals surface area contributed by atoms with E-state index in [4.69, 9.17) is 4.74 Å². The van der Waals surface area contributed by atoms with Crippen LogP contribution in [0.1, 0.15) is 361 Å². The number of amides is 1. The summed E-state index contributed by atoms with van der Waals surface area (Å²) in [7, 11) is 0. The van der Waals surface area contributed by atoms with Gasteiger partial charge in [0.05, 0.1) is 25.4 Å². The van der Waals surface area contributed by atoms with E-state index < -0.39 is 12.1 Å². The standard InChI is InChI=1S/C70H131NO5/c1-3-5-7-9-11-13-15-17-39-42-46-50-54-58-62-68(73)67(66-72)71-69(74)63-59-55-51-47-43-40-36-34-32-30-28-26-24-22-20-18-19-21-23-25-27-29-31-33-35-37-41-45-49-53-57-61-65-76-70(75)64-60-56-52-48-44-38-16-14-12-10-8-6-4-2/h8,10,14,16,21,23,58,62,67-68,72-73H,3-7,9,11-13,15,17-20,22,24-57,59-61,63-66H2,1-2H3,(H,71,74)/b10-8-,16-14-,23-21-,62-58+. The lowest BCUT2D eigenvalue weighted by molar-refractivity contribution is -0.143. The van der Waals surface area contributed by atoms with E-state index in [2.05, 4.69) is 55.6 Å². The van der Waals surface area contributed by atoms with Crippen molar-refractivity contribution in [1.29, 1.82) is 0 Å². The molecule has 0 aromatic carbocycles. The summed E-state index contributed by atoms with van der Waals surface area (Å²) in [5.74, 6) is -0.0619. The Bertz CT molecular complexity index is 1270. The van der Waals surface area contributed by atoms with Gasteiger partial charge in [-0.1, -0.05) is 313 Å². The van der Waals surface area contributed by atoms with Gasteiger partial charge < -0.3 is 20.3 Å². The van der Waals surface area contributed by atoms with E-state index in [-0.39, 0.29) is 18.5 Å². The summed E-state index contributed by atoms with van der Waals surface area (Å²) in [6.45, 7) is 4.85. The smallest absolute Gasteiger partial charge is 0.305 e. The molecule has 0 aromatic heterocycles. The molecule has 0 heterocycles. The first kappa shape index (κ1) is 73.8. The second-order valence-electron chi connectivity index (χ2n) is 23.1. The third-order valence-corrected chi connectivity index (χ3v) is 15.5. The van der Waals surface area contributed by atoms with Crippen LogP contribution in [0.25, 0.3) is 0 Å². The number of rotatable bonds is 63. The number of hydrogen-bond acceptors (Lipinski definition) is 5. The van der Waals surface area contributed by atoms with Gasteiger partial charge in [-0.2, -0.15) is 0 Å². The number of ether oxygens (including phenoxy) is 1. The normalized spacial score (nSPS) is 12.8. The van der Waals surface area contributed by atoms with E-state index in [1.165, 1.54) is 283 Å². The number of allylic oxidation sites excluding steroid dienone is 7. The van der Waals surface area contributed by atoms with Crippen molar-refractivity contribution in [2.75, 3.05) is 13.2 Å². The number of nitrogens with one attached hydrogen (secondary N) is 1. The molecule has 76 heavy (non-hydrogen) atoms. The summed E-state index contributed by atoms with van der Waals surface area (Å²) in [6.07, 6.45) is 84.7. The van der Waals surface area contributed by atoms with Crippen molar-refractivity contribution >= 4 is 11.9 Å². The highest BCUT2D eigenvalue weighted by Crippen LogP contribution is 2.18. The number of unbranched alkanes of at least 4 members (excludes halogenated alkanes) is 46. The van der Waals surface area contributed by atoms with Gasteiger partial charge in [0.1, 0.15) is 0 Å². The lowest BCUT2D eigenvalue weighted by Crippen LogP contribution is -2.45. The first-order valence-electron chi connectivity index (χ1n) is 33.9. The average molecular weight is 1070 g/mol. The van der Waals surface area contributed by atoms with Crippen molar-refractivity contribution in [3.63, 3.8) is 0 Å². The Kier molecular flexibility index (Phi) is 63.5. The molecule has 0 bridgehead atoms. The summed E-state index contributed by atoms with van der Waals surface area (Å²) in [4.78, 5) is 24.5. The topological polar surface area (TPSA) is 95.9 Å². The molecular weight excluding hydrogens is 935 g/mol. The minimum atomic E-state index is -0.842. The van der Waals surface area contributed by atoms with Crippen molar-refractivity contribution in [3.8, 4) is 0 Å². The lowest BCUT2D eigenvalue weighted by atomic mass is 10.0. The van der Waals surface area contributed by atoms with Gasteiger partial charge in [0, 0.05) is 12.8 Å². The monoisotopic (exact) mass is 1070 g/mol. The molecule has 2 atom stereocenters. The molecule has 0 radical (unpaired) electrons. The summed E-state index contributed by atoms with van der Waals surface area (Å²) >= 11 is 0. The van der Waals surface area contributed by atoms with E-state index in [0.717, 1.165) is 51.4 Å². The molecule has 0 rings (SSSR count). The van der Waals surface area contributed by atoms with Crippen molar-refractivity contribution in [2.24, 2.45) is 0 Å². The highest BCUT2D eigenvalue weighted by Gasteiger charge is 2.18. The average Bonchev–Trinajstić information content (AvgIpc) is 3.42. The molecule has 0 saturated heterocycles. The van der Waals surface area contributed by atoms with Gasteiger partial charge in [-0.25, -0.2) is 0 Å². The molecule has 0 saturated carbocycles. The van der Waals surface area contributed by atoms with Crippen LogP contribution in [0.5, 0.6) is 0 Å². The molecular formula is C70H131NO5. The Hall–Kier alpha value is -2.18. The maximum atomic E-state index is 12.5. The number of carbonyl (C=O) groups excluding carboxylic acids is 2. The van der Waals surface area contributed by atoms with Crippen LogP contribution in [0.4, 0.5) is 0 Å². The molecule has 2 unspecified atom stereocenters. The van der Waals surface area contributed by atoms with Crippen LogP contribution in [0.15, 0.2) is 48.6 Å². The van der Waals surface area contributed by atoms with Gasteiger partial charge in [0.15, 0.2) is 0 Å². The van der Waals surface area contributed by atoms with Gasteiger partial charge in [-0.3, -0.25) is 9.59 Å². The van der Waals surface area contributed by atoms with Crippen LogP contribution in [0.2, 0.25) is 0 Å². The highest BCUT2D eigenvalue weighted by molar-refractivity contribution is 5.76. The SMILES string of the molecule is CCC/C=C\C/C=C\CCCCCCCC(=O)OCCCCCCCCCCCCCC/C=C\CCCCCCCCCCCCCCCCCCC(=O)NC(CO)C(O)/C=C/CCCCCCCCCCCCCC. The Labute approximate surface area is 474 Å². The van der Waals surface area contributed by atoms with Crippen molar-refractivity contribution in [1.82, 2.24) is 5.32 Å². The van der Waals surface area contributed by atoms with E-state index in [9.17, 15) is 19.8 Å².